The fourth-order valence-electron chi connectivity index (χ4n) is 1.86. The van der Waals surface area contributed by atoms with Crippen LogP contribution in [0.3, 0.4) is 0 Å². The zero-order valence-corrected chi connectivity index (χ0v) is 16.0. The highest BCUT2D eigenvalue weighted by Gasteiger charge is 2.44. The maximum atomic E-state index is 11.8. The molecular formula is C14H19IO9. The zero-order valence-electron chi connectivity index (χ0n) is 13.9. The lowest BCUT2D eigenvalue weighted by Gasteiger charge is -2.33. The van der Waals surface area contributed by atoms with Crippen molar-refractivity contribution in [2.45, 2.75) is 59.0 Å². The summed E-state index contributed by atoms with van der Waals surface area (Å²) in [6, 6.07) is 0. The second kappa shape index (κ2) is 10.2. The van der Waals surface area contributed by atoms with Crippen LogP contribution in [0.4, 0.5) is 0 Å². The lowest BCUT2D eigenvalue weighted by molar-refractivity contribution is -0.195. The van der Waals surface area contributed by atoms with Gasteiger partial charge in [-0.05, 0) is 6.92 Å². The molecule has 4 atom stereocenters. The van der Waals surface area contributed by atoms with E-state index >= 15 is 0 Å². The summed E-state index contributed by atoms with van der Waals surface area (Å²) in [4.78, 5) is 56.9. The Labute approximate surface area is 152 Å². The molecule has 0 amide bonds. The summed E-state index contributed by atoms with van der Waals surface area (Å²) >= 11 is 1.36. The molecule has 10 heteroatoms. The first kappa shape index (κ1) is 22.3. The van der Waals surface area contributed by atoms with Crippen molar-refractivity contribution in [3.05, 3.63) is 0 Å². The Morgan fingerprint density at radius 3 is 1.38 bits per heavy atom. The van der Waals surface area contributed by atoms with Crippen LogP contribution in [0, 0.1) is 0 Å². The van der Waals surface area contributed by atoms with Gasteiger partial charge < -0.3 is 18.9 Å². The van der Waals surface area contributed by atoms with Crippen LogP contribution < -0.4 is 0 Å². The molecule has 0 aliphatic carbocycles. The smallest absolute Gasteiger partial charge is 0.303 e. The van der Waals surface area contributed by atoms with Crippen molar-refractivity contribution >= 4 is 50.3 Å². The summed E-state index contributed by atoms with van der Waals surface area (Å²) in [6.07, 6.45) is -5.42. The van der Waals surface area contributed by atoms with E-state index in [2.05, 4.69) is 0 Å². The Morgan fingerprint density at radius 2 is 1.04 bits per heavy atom. The highest BCUT2D eigenvalue weighted by Crippen LogP contribution is 2.21. The topological polar surface area (TPSA) is 122 Å². The summed E-state index contributed by atoms with van der Waals surface area (Å²) in [7, 11) is 0. The lowest BCUT2D eigenvalue weighted by Crippen LogP contribution is -2.52. The highest BCUT2D eigenvalue weighted by atomic mass is 127. The fraction of sp³-hybridized carbons (Fsp3) is 0.643. The number of rotatable bonds is 8. The zero-order chi connectivity index (χ0) is 19.0. The molecule has 0 saturated heterocycles. The molecule has 24 heavy (non-hydrogen) atoms. The summed E-state index contributed by atoms with van der Waals surface area (Å²) in [6.45, 7) is 5.73. The van der Waals surface area contributed by atoms with E-state index in [0.29, 0.717) is 0 Å². The Balaban J connectivity index is 5.81. The lowest BCUT2D eigenvalue weighted by atomic mass is 10.0. The molecule has 0 spiro atoms. The van der Waals surface area contributed by atoms with Gasteiger partial charge in [-0.25, -0.2) is 0 Å². The van der Waals surface area contributed by atoms with Crippen molar-refractivity contribution in [3.63, 3.8) is 0 Å². The number of carbonyl (C=O) groups excluding carboxylic acids is 5. The predicted octanol–water partition coefficient (Wildman–Crippen LogP) is 0.695. The minimum atomic E-state index is -1.53. The Bertz CT molecular complexity index is 516. The molecule has 0 N–H and O–H groups in total. The monoisotopic (exact) mass is 458 g/mol. The average Bonchev–Trinajstić information content (AvgIpc) is 2.38. The SMILES string of the molecule is CC(=O)O[C@H]([C@H](OC(C)=O)[C@H](C)OC(C)=O)[C@H](OC(C)=O)C(=O)I. The van der Waals surface area contributed by atoms with Crippen molar-refractivity contribution in [1.82, 2.24) is 0 Å². The number of carbonyl (C=O) groups is 5. The van der Waals surface area contributed by atoms with Crippen LogP contribution in [0.15, 0.2) is 0 Å². The van der Waals surface area contributed by atoms with Crippen LogP contribution in [0.5, 0.6) is 0 Å². The Kier molecular flexibility index (Phi) is 9.48. The van der Waals surface area contributed by atoms with Crippen molar-refractivity contribution in [2.24, 2.45) is 0 Å². The Hall–Kier alpha value is -1.72. The molecule has 0 aromatic heterocycles. The van der Waals surface area contributed by atoms with Crippen molar-refractivity contribution in [2.75, 3.05) is 0 Å². The molecule has 9 nitrogen and oxygen atoms in total. The van der Waals surface area contributed by atoms with E-state index in [-0.39, 0.29) is 0 Å². The summed E-state index contributed by atoms with van der Waals surface area (Å²) in [5.74, 6) is -3.05. The molecule has 136 valence electrons. The van der Waals surface area contributed by atoms with E-state index in [9.17, 15) is 24.0 Å². The summed E-state index contributed by atoms with van der Waals surface area (Å²) in [5.41, 5.74) is 0. The predicted molar refractivity (Wildman–Crippen MR) is 86.9 cm³/mol. The van der Waals surface area contributed by atoms with Crippen LogP contribution in [0.25, 0.3) is 0 Å². The maximum Gasteiger partial charge on any atom is 0.303 e. The van der Waals surface area contributed by atoms with Crippen LogP contribution in [-0.4, -0.2) is 52.1 Å². The second-order valence-electron chi connectivity index (χ2n) is 4.80. The highest BCUT2D eigenvalue weighted by molar-refractivity contribution is 14.1. The molecule has 0 rings (SSSR count). The number of esters is 4. The first-order chi connectivity index (χ1) is 11.0. The van der Waals surface area contributed by atoms with Gasteiger partial charge in [0.15, 0.2) is 12.2 Å². The van der Waals surface area contributed by atoms with E-state index in [1.54, 1.807) is 0 Å². The quantitative estimate of drug-likeness (QED) is 0.224. The van der Waals surface area contributed by atoms with Gasteiger partial charge in [0.05, 0.1) is 0 Å². The molecule has 0 heterocycles. The van der Waals surface area contributed by atoms with Gasteiger partial charge in [-0.3, -0.25) is 24.0 Å². The largest absolute Gasteiger partial charge is 0.459 e. The fourth-order valence-corrected chi connectivity index (χ4v) is 2.35. The third-order valence-corrected chi connectivity index (χ3v) is 3.17. The van der Waals surface area contributed by atoms with Gasteiger partial charge in [0, 0.05) is 50.3 Å². The number of ether oxygens (including phenoxy) is 4. The number of hydrogen-bond donors (Lipinski definition) is 0. The molecule has 0 aromatic rings. The van der Waals surface area contributed by atoms with Crippen molar-refractivity contribution in [1.29, 1.82) is 0 Å². The minimum absolute atomic E-state index is 0.666. The van der Waals surface area contributed by atoms with Crippen LogP contribution in [0.1, 0.15) is 34.6 Å². The van der Waals surface area contributed by atoms with Gasteiger partial charge >= 0.3 is 23.9 Å². The van der Waals surface area contributed by atoms with E-state index < -0.39 is 52.1 Å². The third kappa shape index (κ3) is 8.22. The molecule has 0 aliphatic rings. The van der Waals surface area contributed by atoms with Crippen molar-refractivity contribution < 1.29 is 42.9 Å². The average molecular weight is 458 g/mol. The molecule has 0 unspecified atom stereocenters. The van der Waals surface area contributed by atoms with E-state index in [1.807, 2.05) is 0 Å². The van der Waals surface area contributed by atoms with Gasteiger partial charge in [0.1, 0.15) is 6.10 Å². The van der Waals surface area contributed by atoms with E-state index in [4.69, 9.17) is 18.9 Å². The standard InChI is InChI=1S/C14H19IO9/c1-6(21-7(2)16)11(22-8(3)17)12(23-9(4)18)13(14(15)20)24-10(5)19/h6,11-13H,1-5H3/t6-,11+,12+,13-/m0/s1. The molecular weight excluding hydrogens is 439 g/mol. The number of hydrogen-bond acceptors (Lipinski definition) is 9. The van der Waals surface area contributed by atoms with Gasteiger partial charge in [0.2, 0.25) is 9.89 Å². The second-order valence-corrected chi connectivity index (χ2v) is 5.86. The maximum absolute atomic E-state index is 11.8. The molecule has 0 fully saturated rings. The molecule has 0 radical (unpaired) electrons. The van der Waals surface area contributed by atoms with Crippen LogP contribution in [0.2, 0.25) is 0 Å². The molecule has 0 saturated carbocycles. The summed E-state index contributed by atoms with van der Waals surface area (Å²) in [5, 5.41) is 0. The van der Waals surface area contributed by atoms with Crippen LogP contribution in [-0.2, 0) is 42.9 Å². The number of halogens is 1. The van der Waals surface area contributed by atoms with Gasteiger partial charge in [-0.15, -0.1) is 0 Å². The molecule has 0 aliphatic heterocycles. The summed E-state index contributed by atoms with van der Waals surface area (Å²) < 4.78 is 19.2. The van der Waals surface area contributed by atoms with Crippen molar-refractivity contribution in [3.8, 4) is 0 Å². The van der Waals surface area contributed by atoms with Gasteiger partial charge in [0.25, 0.3) is 0 Å². The minimum Gasteiger partial charge on any atom is -0.459 e. The van der Waals surface area contributed by atoms with E-state index in [1.165, 1.54) is 29.5 Å². The third-order valence-electron chi connectivity index (χ3n) is 2.56. The van der Waals surface area contributed by atoms with Crippen LogP contribution >= 0.6 is 22.6 Å². The normalized spacial score (nSPS) is 15.2. The first-order valence-corrected chi connectivity index (χ1v) is 7.91. The first-order valence-electron chi connectivity index (χ1n) is 6.83. The van der Waals surface area contributed by atoms with E-state index in [0.717, 1.165) is 27.7 Å². The van der Waals surface area contributed by atoms with Gasteiger partial charge in [-0.2, -0.15) is 0 Å². The molecule has 0 aromatic carbocycles. The molecule has 0 bridgehead atoms. The van der Waals surface area contributed by atoms with Gasteiger partial charge in [-0.1, -0.05) is 0 Å². The Morgan fingerprint density at radius 1 is 0.667 bits per heavy atom.